The molecule has 0 radical (unpaired) electrons. The maximum atomic E-state index is 14.2. The van der Waals surface area contributed by atoms with Gasteiger partial charge in [0, 0.05) is 48.1 Å². The van der Waals surface area contributed by atoms with Gasteiger partial charge in [-0.1, -0.05) is 23.7 Å². The first-order valence-corrected chi connectivity index (χ1v) is 10.4. The SMILES string of the molecule is O=c1cc(-c2c[nH]c3ncc(N4CCOCC4)cc23)ccn1Cc1cccc(Cl)c1F. The molecule has 1 saturated heterocycles. The Kier molecular flexibility index (Phi) is 5.21. The maximum absolute atomic E-state index is 14.2. The minimum atomic E-state index is -0.501. The van der Waals surface area contributed by atoms with E-state index in [0.717, 1.165) is 40.9 Å². The summed E-state index contributed by atoms with van der Waals surface area (Å²) in [7, 11) is 0. The molecule has 158 valence electrons. The lowest BCUT2D eigenvalue weighted by atomic mass is 10.1. The average molecular weight is 439 g/mol. The van der Waals surface area contributed by atoms with Gasteiger partial charge in [-0.15, -0.1) is 0 Å². The van der Waals surface area contributed by atoms with E-state index in [1.165, 1.54) is 10.6 Å². The van der Waals surface area contributed by atoms with Crippen LogP contribution in [0.25, 0.3) is 22.2 Å². The molecule has 1 fully saturated rings. The predicted molar refractivity (Wildman–Crippen MR) is 119 cm³/mol. The third-order valence-corrected chi connectivity index (χ3v) is 5.86. The lowest BCUT2D eigenvalue weighted by molar-refractivity contribution is 0.122. The Morgan fingerprint density at radius 2 is 2.03 bits per heavy atom. The fraction of sp³-hybridized carbons (Fsp3) is 0.217. The number of nitrogens with one attached hydrogen (secondary N) is 1. The number of anilines is 1. The molecule has 6 nitrogen and oxygen atoms in total. The van der Waals surface area contributed by atoms with Gasteiger partial charge in [-0.2, -0.15) is 0 Å². The second-order valence-corrected chi connectivity index (χ2v) is 7.89. The molecule has 0 bridgehead atoms. The van der Waals surface area contributed by atoms with E-state index in [1.54, 1.807) is 24.4 Å². The van der Waals surface area contributed by atoms with E-state index in [-0.39, 0.29) is 17.1 Å². The molecule has 5 rings (SSSR count). The number of halogens is 2. The highest BCUT2D eigenvalue weighted by molar-refractivity contribution is 6.30. The Morgan fingerprint density at radius 1 is 1.19 bits per heavy atom. The first-order valence-electron chi connectivity index (χ1n) is 10.0. The van der Waals surface area contributed by atoms with Crippen molar-refractivity contribution in [3.05, 3.63) is 81.7 Å². The number of rotatable bonds is 4. The number of aromatic amines is 1. The number of H-pyrrole nitrogens is 1. The number of pyridine rings is 2. The van der Waals surface area contributed by atoms with Crippen molar-refractivity contribution in [3.8, 4) is 11.1 Å². The van der Waals surface area contributed by atoms with Crippen LogP contribution in [0.3, 0.4) is 0 Å². The summed E-state index contributed by atoms with van der Waals surface area (Å²) in [5.74, 6) is -0.501. The fourth-order valence-corrected chi connectivity index (χ4v) is 4.08. The first kappa shape index (κ1) is 19.8. The Bertz CT molecular complexity index is 1310. The number of aromatic nitrogens is 3. The van der Waals surface area contributed by atoms with E-state index in [4.69, 9.17) is 16.3 Å². The van der Waals surface area contributed by atoms with Crippen molar-refractivity contribution in [1.82, 2.24) is 14.5 Å². The maximum Gasteiger partial charge on any atom is 0.251 e. The predicted octanol–water partition coefficient (Wildman–Crippen LogP) is 4.07. The van der Waals surface area contributed by atoms with Gasteiger partial charge >= 0.3 is 0 Å². The van der Waals surface area contributed by atoms with Gasteiger partial charge in [-0.3, -0.25) is 4.79 Å². The van der Waals surface area contributed by atoms with Crippen molar-refractivity contribution in [1.29, 1.82) is 0 Å². The Labute approximate surface area is 182 Å². The van der Waals surface area contributed by atoms with Crippen molar-refractivity contribution in [3.63, 3.8) is 0 Å². The van der Waals surface area contributed by atoms with Gasteiger partial charge in [-0.05, 0) is 23.8 Å². The summed E-state index contributed by atoms with van der Waals surface area (Å²) in [6, 6.07) is 10.3. The van der Waals surface area contributed by atoms with Crippen LogP contribution >= 0.6 is 11.6 Å². The number of hydrogen-bond acceptors (Lipinski definition) is 4. The number of ether oxygens (including phenoxy) is 1. The highest BCUT2D eigenvalue weighted by Crippen LogP contribution is 2.30. The smallest absolute Gasteiger partial charge is 0.251 e. The molecule has 8 heteroatoms. The van der Waals surface area contributed by atoms with E-state index in [9.17, 15) is 9.18 Å². The van der Waals surface area contributed by atoms with Crippen LogP contribution in [-0.4, -0.2) is 40.8 Å². The van der Waals surface area contributed by atoms with Crippen LogP contribution in [0, 0.1) is 5.82 Å². The molecule has 0 unspecified atom stereocenters. The lowest BCUT2D eigenvalue weighted by Gasteiger charge is -2.28. The van der Waals surface area contributed by atoms with Crippen LogP contribution in [-0.2, 0) is 11.3 Å². The van der Waals surface area contributed by atoms with Gasteiger partial charge in [0.05, 0.1) is 36.7 Å². The molecule has 0 atom stereocenters. The minimum Gasteiger partial charge on any atom is -0.378 e. The van der Waals surface area contributed by atoms with E-state index in [2.05, 4.69) is 20.9 Å². The summed E-state index contributed by atoms with van der Waals surface area (Å²) in [5.41, 5.74) is 3.62. The van der Waals surface area contributed by atoms with Crippen LogP contribution in [0.5, 0.6) is 0 Å². The van der Waals surface area contributed by atoms with Crippen molar-refractivity contribution in [2.75, 3.05) is 31.2 Å². The number of nitrogens with zero attached hydrogens (tertiary/aromatic N) is 3. The van der Waals surface area contributed by atoms with Crippen LogP contribution in [0.2, 0.25) is 5.02 Å². The zero-order chi connectivity index (χ0) is 21.4. The van der Waals surface area contributed by atoms with Crippen molar-refractivity contribution < 1.29 is 9.13 Å². The van der Waals surface area contributed by atoms with Crippen LogP contribution < -0.4 is 10.5 Å². The van der Waals surface area contributed by atoms with Gasteiger partial charge in [0.2, 0.25) is 0 Å². The quantitative estimate of drug-likeness (QED) is 0.521. The standard InChI is InChI=1S/C23H20ClFN4O2/c24-20-3-1-2-16(22(20)25)14-29-5-4-15(10-21(29)30)19-13-27-23-18(19)11-17(12-26-23)28-6-8-31-9-7-28/h1-5,10-13H,6-9,14H2,(H,26,27). The molecule has 31 heavy (non-hydrogen) atoms. The van der Waals surface area contributed by atoms with E-state index in [0.29, 0.717) is 18.8 Å². The molecule has 4 heterocycles. The van der Waals surface area contributed by atoms with E-state index < -0.39 is 5.82 Å². The topological polar surface area (TPSA) is 63.1 Å². The number of benzene rings is 1. The van der Waals surface area contributed by atoms with Gasteiger partial charge in [0.15, 0.2) is 0 Å². The Balaban J connectivity index is 1.48. The molecule has 0 spiro atoms. The number of hydrogen-bond donors (Lipinski definition) is 1. The Morgan fingerprint density at radius 3 is 2.84 bits per heavy atom. The van der Waals surface area contributed by atoms with E-state index >= 15 is 0 Å². The summed E-state index contributed by atoms with van der Waals surface area (Å²) in [6.45, 7) is 3.15. The highest BCUT2D eigenvalue weighted by Gasteiger charge is 2.15. The second kappa shape index (κ2) is 8.17. The third kappa shape index (κ3) is 3.82. The van der Waals surface area contributed by atoms with Gasteiger partial charge < -0.3 is 19.2 Å². The summed E-state index contributed by atoms with van der Waals surface area (Å²) < 4.78 is 21.1. The molecule has 0 amide bonds. The van der Waals surface area contributed by atoms with Crippen molar-refractivity contribution >= 4 is 28.3 Å². The molecule has 4 aromatic rings. The van der Waals surface area contributed by atoms with Crippen LogP contribution in [0.1, 0.15) is 5.56 Å². The summed E-state index contributed by atoms with van der Waals surface area (Å²) in [6.07, 6.45) is 5.39. The van der Waals surface area contributed by atoms with E-state index in [1.807, 2.05) is 18.5 Å². The van der Waals surface area contributed by atoms with Gasteiger partial charge in [0.25, 0.3) is 5.56 Å². The summed E-state index contributed by atoms with van der Waals surface area (Å²) in [5, 5.41) is 0.992. The molecule has 1 N–H and O–H groups in total. The summed E-state index contributed by atoms with van der Waals surface area (Å²) >= 11 is 5.85. The fourth-order valence-electron chi connectivity index (χ4n) is 3.89. The zero-order valence-corrected chi connectivity index (χ0v) is 17.4. The van der Waals surface area contributed by atoms with Gasteiger partial charge in [0.1, 0.15) is 11.5 Å². The molecular weight excluding hydrogens is 419 g/mol. The largest absolute Gasteiger partial charge is 0.378 e. The monoisotopic (exact) mass is 438 g/mol. The lowest BCUT2D eigenvalue weighted by Crippen LogP contribution is -2.36. The number of fused-ring (bicyclic) bond motifs is 1. The highest BCUT2D eigenvalue weighted by atomic mass is 35.5. The molecule has 0 aliphatic carbocycles. The van der Waals surface area contributed by atoms with Crippen LogP contribution in [0.15, 0.2) is 59.8 Å². The average Bonchev–Trinajstić information content (AvgIpc) is 3.22. The molecule has 1 aromatic carbocycles. The molecular formula is C23H20ClFN4O2. The second-order valence-electron chi connectivity index (χ2n) is 7.49. The molecule has 1 aliphatic heterocycles. The zero-order valence-electron chi connectivity index (χ0n) is 16.6. The Hall–Kier alpha value is -3.16. The first-order chi connectivity index (χ1) is 15.1. The van der Waals surface area contributed by atoms with Gasteiger partial charge in [-0.25, -0.2) is 9.37 Å². The summed E-state index contributed by atoms with van der Waals surface area (Å²) in [4.78, 5) is 22.7. The minimum absolute atomic E-state index is 0.0459. The van der Waals surface area contributed by atoms with Crippen LogP contribution in [0.4, 0.5) is 10.1 Å². The van der Waals surface area contributed by atoms with Crippen molar-refractivity contribution in [2.24, 2.45) is 0 Å². The molecule has 0 saturated carbocycles. The third-order valence-electron chi connectivity index (χ3n) is 5.57. The molecule has 1 aliphatic rings. The number of morpholine rings is 1. The molecule has 3 aromatic heterocycles. The normalized spacial score (nSPS) is 14.3. The van der Waals surface area contributed by atoms with Crippen molar-refractivity contribution in [2.45, 2.75) is 6.54 Å².